The van der Waals surface area contributed by atoms with Crippen molar-refractivity contribution in [1.82, 2.24) is 14.3 Å². The van der Waals surface area contributed by atoms with Crippen LogP contribution < -0.4 is 15.2 Å². The maximum absolute atomic E-state index is 13.4. The smallest absolute Gasteiger partial charge is 0.267 e. The van der Waals surface area contributed by atoms with Gasteiger partial charge >= 0.3 is 0 Å². The zero-order valence-corrected chi connectivity index (χ0v) is 20.1. The fourth-order valence-corrected chi connectivity index (χ4v) is 5.15. The number of hydrogen-bond donors (Lipinski definition) is 0. The first-order valence-electron chi connectivity index (χ1n) is 10.8. The molecule has 4 heterocycles. The second kappa shape index (κ2) is 9.57. The highest BCUT2D eigenvalue weighted by Gasteiger charge is 2.33. The van der Waals surface area contributed by atoms with Crippen LogP contribution >= 0.6 is 24.0 Å². The fraction of sp³-hybridized carbons (Fsp3) is 0.250. The number of thiocarbonyl (C=S) groups is 1. The van der Waals surface area contributed by atoms with Crippen molar-refractivity contribution in [3.8, 4) is 5.75 Å². The van der Waals surface area contributed by atoms with E-state index in [0.29, 0.717) is 59.1 Å². The van der Waals surface area contributed by atoms with Crippen molar-refractivity contribution in [2.75, 3.05) is 38.3 Å². The van der Waals surface area contributed by atoms with Gasteiger partial charge in [0.2, 0.25) is 0 Å². The van der Waals surface area contributed by atoms with Crippen LogP contribution in [0.2, 0.25) is 0 Å². The Morgan fingerprint density at radius 1 is 1.15 bits per heavy atom. The zero-order chi connectivity index (χ0) is 23.7. The molecular formula is C24H22N4O4S2. The van der Waals surface area contributed by atoms with Crippen LogP contribution in [-0.4, -0.2) is 57.9 Å². The molecule has 5 rings (SSSR count). The molecule has 3 aromatic rings. The van der Waals surface area contributed by atoms with Gasteiger partial charge < -0.3 is 14.4 Å². The molecule has 0 spiro atoms. The second-order valence-electron chi connectivity index (χ2n) is 7.80. The molecule has 2 aliphatic rings. The first-order valence-corrected chi connectivity index (χ1v) is 12.0. The summed E-state index contributed by atoms with van der Waals surface area (Å²) in [5.74, 6) is 1.07. The standard InChI is InChI=1S/C24H22N4O4S2/c1-31-17-7-5-16(6-8-17)15-28-23(30)19(34-24(28)33)14-18-21(26-10-12-32-13-11-26)25-20-4-2-3-9-27(20)22(18)29/h2-9,14H,10-13,15H2,1H3. The van der Waals surface area contributed by atoms with Gasteiger partial charge in [-0.3, -0.25) is 18.9 Å². The summed E-state index contributed by atoms with van der Waals surface area (Å²) < 4.78 is 12.6. The molecule has 0 saturated carbocycles. The van der Waals surface area contributed by atoms with E-state index in [1.807, 2.05) is 35.2 Å². The highest BCUT2D eigenvalue weighted by atomic mass is 32.2. The number of benzene rings is 1. The highest BCUT2D eigenvalue weighted by molar-refractivity contribution is 8.26. The van der Waals surface area contributed by atoms with Crippen LogP contribution in [0.15, 0.2) is 58.4 Å². The molecule has 34 heavy (non-hydrogen) atoms. The molecule has 2 aromatic heterocycles. The number of pyridine rings is 1. The average Bonchev–Trinajstić information content (AvgIpc) is 3.14. The second-order valence-corrected chi connectivity index (χ2v) is 9.47. The zero-order valence-electron chi connectivity index (χ0n) is 18.5. The van der Waals surface area contributed by atoms with E-state index in [1.54, 1.807) is 36.4 Å². The number of methoxy groups -OCH3 is 1. The molecule has 8 nitrogen and oxygen atoms in total. The van der Waals surface area contributed by atoms with Crippen LogP contribution in [0.1, 0.15) is 11.1 Å². The normalized spacial score (nSPS) is 17.7. The van der Waals surface area contributed by atoms with Gasteiger partial charge in [0.1, 0.15) is 21.5 Å². The lowest BCUT2D eigenvalue weighted by atomic mass is 10.2. The SMILES string of the molecule is COc1ccc(CN2C(=O)C(=Cc3c(N4CCOCC4)nc4ccccn4c3=O)SC2=S)cc1. The predicted molar refractivity (Wildman–Crippen MR) is 136 cm³/mol. The Bertz CT molecular complexity index is 1350. The molecule has 0 N–H and O–H groups in total. The third-order valence-electron chi connectivity index (χ3n) is 5.71. The molecule has 2 fully saturated rings. The van der Waals surface area contributed by atoms with Crippen LogP contribution in [0.3, 0.4) is 0 Å². The van der Waals surface area contributed by atoms with Gasteiger partial charge in [-0.05, 0) is 35.9 Å². The van der Waals surface area contributed by atoms with Gasteiger partial charge in [0.15, 0.2) is 0 Å². The monoisotopic (exact) mass is 494 g/mol. The first-order chi connectivity index (χ1) is 16.5. The van der Waals surface area contributed by atoms with Crippen molar-refractivity contribution < 1.29 is 14.3 Å². The van der Waals surface area contributed by atoms with E-state index in [0.717, 1.165) is 11.3 Å². The first kappa shape index (κ1) is 22.6. The number of carbonyl (C=O) groups is 1. The third-order valence-corrected chi connectivity index (χ3v) is 7.09. The molecule has 0 radical (unpaired) electrons. The number of ether oxygens (including phenoxy) is 2. The quantitative estimate of drug-likeness (QED) is 0.396. The van der Waals surface area contributed by atoms with Crippen LogP contribution in [0.4, 0.5) is 5.82 Å². The van der Waals surface area contributed by atoms with Gasteiger partial charge in [-0.25, -0.2) is 4.98 Å². The maximum Gasteiger partial charge on any atom is 0.267 e. The largest absolute Gasteiger partial charge is 0.497 e. The van der Waals surface area contributed by atoms with Crippen LogP contribution in [0.5, 0.6) is 5.75 Å². The van der Waals surface area contributed by atoms with Gasteiger partial charge in [-0.2, -0.15) is 0 Å². The van der Waals surface area contributed by atoms with E-state index in [9.17, 15) is 9.59 Å². The summed E-state index contributed by atoms with van der Waals surface area (Å²) in [6.07, 6.45) is 3.31. The third kappa shape index (κ3) is 4.31. The molecule has 10 heteroatoms. The lowest BCUT2D eigenvalue weighted by molar-refractivity contribution is -0.122. The number of thioether (sulfide) groups is 1. The minimum absolute atomic E-state index is 0.226. The molecular weight excluding hydrogens is 472 g/mol. The number of fused-ring (bicyclic) bond motifs is 1. The summed E-state index contributed by atoms with van der Waals surface area (Å²) in [6.45, 7) is 2.69. The van der Waals surface area contributed by atoms with Crippen LogP contribution in [-0.2, 0) is 16.1 Å². The van der Waals surface area contributed by atoms with Gasteiger partial charge in [-0.1, -0.05) is 42.2 Å². The van der Waals surface area contributed by atoms with Gasteiger partial charge in [0.05, 0.1) is 37.3 Å². The number of rotatable bonds is 5. The lowest BCUT2D eigenvalue weighted by Crippen LogP contribution is -2.38. The molecule has 0 atom stereocenters. The predicted octanol–water partition coefficient (Wildman–Crippen LogP) is 2.94. The van der Waals surface area contributed by atoms with Crippen LogP contribution in [0.25, 0.3) is 11.7 Å². The van der Waals surface area contributed by atoms with Crippen molar-refractivity contribution in [3.63, 3.8) is 0 Å². The maximum atomic E-state index is 13.4. The lowest BCUT2D eigenvalue weighted by Gasteiger charge is -2.29. The van der Waals surface area contributed by atoms with E-state index in [4.69, 9.17) is 26.7 Å². The van der Waals surface area contributed by atoms with Crippen molar-refractivity contribution in [3.05, 3.63) is 75.0 Å². The van der Waals surface area contributed by atoms with E-state index >= 15 is 0 Å². The minimum Gasteiger partial charge on any atom is -0.497 e. The summed E-state index contributed by atoms with van der Waals surface area (Å²) in [4.78, 5) is 35.5. The summed E-state index contributed by atoms with van der Waals surface area (Å²) in [7, 11) is 1.61. The Hall–Kier alpha value is -3.21. The number of nitrogens with zero attached hydrogens (tertiary/aromatic N) is 4. The van der Waals surface area contributed by atoms with E-state index < -0.39 is 0 Å². The van der Waals surface area contributed by atoms with Crippen molar-refractivity contribution in [2.24, 2.45) is 0 Å². The Morgan fingerprint density at radius 2 is 1.91 bits per heavy atom. The molecule has 1 aromatic carbocycles. The number of aromatic nitrogens is 2. The van der Waals surface area contributed by atoms with Gasteiger partial charge in [0, 0.05) is 19.3 Å². The molecule has 2 aliphatic heterocycles. The summed E-state index contributed by atoms with van der Waals surface area (Å²) in [6, 6.07) is 12.9. The Kier molecular flexibility index (Phi) is 6.36. The van der Waals surface area contributed by atoms with E-state index in [-0.39, 0.29) is 11.5 Å². The Morgan fingerprint density at radius 3 is 2.65 bits per heavy atom. The summed E-state index contributed by atoms with van der Waals surface area (Å²) in [5, 5.41) is 0. The highest BCUT2D eigenvalue weighted by Crippen LogP contribution is 2.34. The van der Waals surface area contributed by atoms with E-state index in [2.05, 4.69) is 0 Å². The van der Waals surface area contributed by atoms with Crippen molar-refractivity contribution >= 4 is 51.7 Å². The average molecular weight is 495 g/mol. The summed E-state index contributed by atoms with van der Waals surface area (Å²) >= 11 is 6.70. The van der Waals surface area contributed by atoms with E-state index in [1.165, 1.54) is 16.2 Å². The molecule has 174 valence electrons. The fourth-order valence-electron chi connectivity index (χ4n) is 3.91. The molecule has 2 saturated heterocycles. The molecule has 0 aliphatic carbocycles. The number of amides is 1. The molecule has 0 bridgehead atoms. The minimum atomic E-state index is -0.229. The van der Waals surface area contributed by atoms with Gasteiger partial charge in [-0.15, -0.1) is 0 Å². The Balaban J connectivity index is 1.52. The van der Waals surface area contributed by atoms with Crippen molar-refractivity contribution in [2.45, 2.75) is 6.54 Å². The van der Waals surface area contributed by atoms with Crippen LogP contribution in [0, 0.1) is 0 Å². The number of hydrogen-bond acceptors (Lipinski definition) is 8. The van der Waals surface area contributed by atoms with Crippen molar-refractivity contribution in [1.29, 1.82) is 0 Å². The van der Waals surface area contributed by atoms with Gasteiger partial charge in [0.25, 0.3) is 11.5 Å². The summed E-state index contributed by atoms with van der Waals surface area (Å²) in [5.41, 5.74) is 1.63. The molecule has 0 unspecified atom stereocenters. The number of morpholine rings is 1. The Labute approximate surface area is 205 Å². The topological polar surface area (TPSA) is 76.4 Å². The number of anilines is 1. The number of carbonyl (C=O) groups excluding carboxylic acids is 1. The molecule has 1 amide bonds.